The molecule has 1 atom stereocenters. The Morgan fingerprint density at radius 2 is 2.32 bits per heavy atom. The van der Waals surface area contributed by atoms with Gasteiger partial charge in [-0.15, -0.1) is 0 Å². The first-order chi connectivity index (χ1) is 9.07. The molecule has 0 saturated carbocycles. The smallest absolute Gasteiger partial charge is 0.231 e. The van der Waals surface area contributed by atoms with Crippen molar-refractivity contribution in [3.8, 4) is 0 Å². The zero-order valence-corrected chi connectivity index (χ0v) is 13.1. The Hall–Kier alpha value is -0.870. The molecule has 1 heterocycles. The van der Waals surface area contributed by atoms with Crippen LogP contribution in [0.3, 0.4) is 0 Å². The fourth-order valence-electron chi connectivity index (χ4n) is 2.61. The maximum absolute atomic E-state index is 12.6. The normalized spacial score (nSPS) is 23.1. The lowest BCUT2D eigenvalue weighted by Crippen LogP contribution is -2.47. The minimum atomic E-state index is -0.257. The minimum absolute atomic E-state index is 0.142. The van der Waals surface area contributed by atoms with Crippen LogP contribution >= 0.6 is 15.9 Å². The number of halogens is 1. The minimum Gasteiger partial charge on any atom is -0.325 e. The lowest BCUT2D eigenvalue weighted by atomic mass is 9.77. The van der Waals surface area contributed by atoms with Gasteiger partial charge < -0.3 is 10.6 Å². The van der Waals surface area contributed by atoms with Crippen LogP contribution in [0.5, 0.6) is 0 Å². The number of hydrogen-bond acceptors (Lipinski definition) is 2. The summed E-state index contributed by atoms with van der Waals surface area (Å²) in [4.78, 5) is 12.6. The summed E-state index contributed by atoms with van der Waals surface area (Å²) in [5, 5.41) is 6.45. The van der Waals surface area contributed by atoms with Gasteiger partial charge in [-0.05, 0) is 50.4 Å². The van der Waals surface area contributed by atoms with E-state index in [4.69, 9.17) is 0 Å². The molecule has 0 spiro atoms. The Morgan fingerprint density at radius 3 is 2.95 bits per heavy atom. The van der Waals surface area contributed by atoms with Gasteiger partial charge in [0.2, 0.25) is 5.91 Å². The van der Waals surface area contributed by atoms with Gasteiger partial charge in [0, 0.05) is 16.7 Å². The Morgan fingerprint density at radius 1 is 1.53 bits per heavy atom. The van der Waals surface area contributed by atoms with Crippen molar-refractivity contribution in [1.29, 1.82) is 0 Å². The third kappa shape index (κ3) is 3.18. The summed E-state index contributed by atoms with van der Waals surface area (Å²) in [5.41, 5.74) is 1.73. The van der Waals surface area contributed by atoms with E-state index in [-0.39, 0.29) is 11.3 Å². The first-order valence-corrected chi connectivity index (χ1v) is 7.65. The third-order valence-corrected chi connectivity index (χ3v) is 4.57. The molecule has 2 rings (SSSR count). The number of aryl methyl sites for hydroxylation is 1. The second kappa shape index (κ2) is 6.06. The van der Waals surface area contributed by atoms with E-state index in [0.29, 0.717) is 0 Å². The Labute approximate surface area is 123 Å². The molecule has 1 aliphatic heterocycles. The number of amides is 1. The van der Waals surface area contributed by atoms with E-state index >= 15 is 0 Å². The van der Waals surface area contributed by atoms with Crippen molar-refractivity contribution >= 4 is 27.5 Å². The molecular formula is C15H21BrN2O. The lowest BCUT2D eigenvalue weighted by molar-refractivity contribution is -0.126. The first-order valence-electron chi connectivity index (χ1n) is 6.86. The zero-order valence-electron chi connectivity index (χ0n) is 11.6. The molecule has 1 unspecified atom stereocenters. The van der Waals surface area contributed by atoms with Crippen LogP contribution in [0.2, 0.25) is 0 Å². The van der Waals surface area contributed by atoms with Gasteiger partial charge in [-0.1, -0.05) is 28.9 Å². The van der Waals surface area contributed by atoms with Crippen molar-refractivity contribution in [3.63, 3.8) is 0 Å². The largest absolute Gasteiger partial charge is 0.325 e. The second-order valence-corrected chi connectivity index (χ2v) is 6.24. The number of hydrogen-bond donors (Lipinski definition) is 2. The second-order valence-electron chi connectivity index (χ2n) is 5.33. The highest BCUT2D eigenvalue weighted by molar-refractivity contribution is 9.10. The topological polar surface area (TPSA) is 41.1 Å². The summed E-state index contributed by atoms with van der Waals surface area (Å²) in [7, 11) is 0. The predicted octanol–water partition coefficient (Wildman–Crippen LogP) is 3.48. The Balaban J connectivity index is 2.17. The van der Waals surface area contributed by atoms with Crippen molar-refractivity contribution < 1.29 is 4.79 Å². The summed E-state index contributed by atoms with van der Waals surface area (Å²) in [6.45, 7) is 5.91. The molecule has 0 radical (unpaired) electrons. The predicted molar refractivity (Wildman–Crippen MR) is 82.3 cm³/mol. The number of piperidine rings is 1. The molecule has 1 amide bonds. The number of benzene rings is 1. The Kier molecular flexibility index (Phi) is 4.63. The standard InChI is InChI=1S/C15H21BrN2O/c1-3-15(7-4-8-17-10-15)14(19)18-13-9-12(16)6-5-11(13)2/h5-6,9,17H,3-4,7-8,10H2,1-2H3,(H,18,19). The maximum Gasteiger partial charge on any atom is 0.231 e. The van der Waals surface area contributed by atoms with Gasteiger partial charge in [-0.2, -0.15) is 0 Å². The number of anilines is 1. The SMILES string of the molecule is CCC1(C(=O)Nc2cc(Br)ccc2C)CCCNC1. The number of carbonyl (C=O) groups is 1. The summed E-state index contributed by atoms with van der Waals surface area (Å²) in [6, 6.07) is 5.97. The molecule has 1 aromatic rings. The zero-order chi connectivity index (χ0) is 13.9. The van der Waals surface area contributed by atoms with E-state index < -0.39 is 0 Å². The Bertz CT molecular complexity index is 467. The molecule has 2 N–H and O–H groups in total. The molecule has 1 aromatic carbocycles. The molecule has 19 heavy (non-hydrogen) atoms. The van der Waals surface area contributed by atoms with Crippen molar-refractivity contribution in [3.05, 3.63) is 28.2 Å². The molecule has 104 valence electrons. The van der Waals surface area contributed by atoms with E-state index in [2.05, 4.69) is 33.5 Å². The molecule has 0 aliphatic carbocycles. The molecule has 1 aliphatic rings. The molecule has 0 aromatic heterocycles. The summed E-state index contributed by atoms with van der Waals surface area (Å²) >= 11 is 3.45. The van der Waals surface area contributed by atoms with Gasteiger partial charge in [0.05, 0.1) is 5.41 Å². The molecule has 1 fully saturated rings. The van der Waals surface area contributed by atoms with Crippen molar-refractivity contribution in [2.24, 2.45) is 5.41 Å². The van der Waals surface area contributed by atoms with Crippen LogP contribution in [-0.4, -0.2) is 19.0 Å². The molecular weight excluding hydrogens is 304 g/mol. The fourth-order valence-corrected chi connectivity index (χ4v) is 2.97. The number of rotatable bonds is 3. The van der Waals surface area contributed by atoms with Gasteiger partial charge in [-0.25, -0.2) is 0 Å². The van der Waals surface area contributed by atoms with E-state index in [9.17, 15) is 4.79 Å². The molecule has 0 bridgehead atoms. The van der Waals surface area contributed by atoms with Crippen LogP contribution in [0.1, 0.15) is 31.7 Å². The highest BCUT2D eigenvalue weighted by Crippen LogP contribution is 2.32. The van der Waals surface area contributed by atoms with Crippen LogP contribution in [0.15, 0.2) is 22.7 Å². The van der Waals surface area contributed by atoms with Crippen LogP contribution in [0, 0.1) is 12.3 Å². The van der Waals surface area contributed by atoms with Gasteiger partial charge in [0.25, 0.3) is 0 Å². The van der Waals surface area contributed by atoms with Gasteiger partial charge in [-0.3, -0.25) is 4.79 Å². The van der Waals surface area contributed by atoms with E-state index in [1.165, 1.54) is 0 Å². The van der Waals surface area contributed by atoms with Crippen molar-refractivity contribution in [1.82, 2.24) is 5.32 Å². The molecule has 3 nitrogen and oxygen atoms in total. The summed E-state index contributed by atoms with van der Waals surface area (Å²) in [5.74, 6) is 0.142. The maximum atomic E-state index is 12.6. The quantitative estimate of drug-likeness (QED) is 0.893. The average Bonchev–Trinajstić information content (AvgIpc) is 2.43. The van der Waals surface area contributed by atoms with Crippen LogP contribution < -0.4 is 10.6 Å². The van der Waals surface area contributed by atoms with E-state index in [0.717, 1.165) is 48.1 Å². The first kappa shape index (κ1) is 14.5. The monoisotopic (exact) mass is 324 g/mol. The molecule has 4 heteroatoms. The lowest BCUT2D eigenvalue weighted by Gasteiger charge is -2.35. The third-order valence-electron chi connectivity index (χ3n) is 4.08. The highest BCUT2D eigenvalue weighted by atomic mass is 79.9. The van der Waals surface area contributed by atoms with Gasteiger partial charge in [0.15, 0.2) is 0 Å². The van der Waals surface area contributed by atoms with Crippen molar-refractivity contribution in [2.75, 3.05) is 18.4 Å². The van der Waals surface area contributed by atoms with Gasteiger partial charge in [0.1, 0.15) is 0 Å². The number of nitrogens with one attached hydrogen (secondary N) is 2. The van der Waals surface area contributed by atoms with Crippen molar-refractivity contribution in [2.45, 2.75) is 33.1 Å². The highest BCUT2D eigenvalue weighted by Gasteiger charge is 2.37. The number of carbonyl (C=O) groups excluding carboxylic acids is 1. The summed E-state index contributed by atoms with van der Waals surface area (Å²) in [6.07, 6.45) is 2.91. The summed E-state index contributed by atoms with van der Waals surface area (Å²) < 4.78 is 0.987. The average molecular weight is 325 g/mol. The van der Waals surface area contributed by atoms with E-state index in [1.807, 2.05) is 25.1 Å². The molecule has 1 saturated heterocycles. The van der Waals surface area contributed by atoms with Crippen LogP contribution in [0.4, 0.5) is 5.69 Å². The van der Waals surface area contributed by atoms with Crippen LogP contribution in [0.25, 0.3) is 0 Å². The van der Waals surface area contributed by atoms with E-state index in [1.54, 1.807) is 0 Å². The van der Waals surface area contributed by atoms with Gasteiger partial charge >= 0.3 is 0 Å². The van der Waals surface area contributed by atoms with Crippen LogP contribution in [-0.2, 0) is 4.79 Å². The fraction of sp³-hybridized carbons (Fsp3) is 0.533.